The molecule has 2 fully saturated rings. The molecular formula is C45H50ClF2N7O3. The fourth-order valence-corrected chi connectivity index (χ4v) is 9.17. The van der Waals surface area contributed by atoms with Gasteiger partial charge in [0.2, 0.25) is 6.41 Å². The maximum Gasteiger partial charge on any atom is 0.209 e. The van der Waals surface area contributed by atoms with Gasteiger partial charge in [0.25, 0.3) is 0 Å². The molecular weight excluding hydrogens is 760 g/mol. The van der Waals surface area contributed by atoms with Gasteiger partial charge >= 0.3 is 0 Å². The first-order chi connectivity index (χ1) is 28.0. The van der Waals surface area contributed by atoms with E-state index in [2.05, 4.69) is 56.6 Å². The van der Waals surface area contributed by atoms with E-state index in [1.807, 2.05) is 18.2 Å². The first-order valence-electron chi connectivity index (χ1n) is 19.9. The minimum atomic E-state index is -0.520. The molecule has 7 rings (SSSR count). The number of benzene rings is 3. The smallest absolute Gasteiger partial charge is 0.209 e. The molecule has 3 aliphatic heterocycles. The average molecular weight is 810 g/mol. The van der Waals surface area contributed by atoms with Crippen molar-refractivity contribution in [3.63, 3.8) is 0 Å². The van der Waals surface area contributed by atoms with E-state index in [0.29, 0.717) is 79.0 Å². The standard InChI is InChI=1S/C45H50ClF2N7O3/c1-45(2)36-13-10-31(23-43(36)55(44(45)49-3)42-8-5-7-37(46)35(42)28-57)30-14-16-52(17-15-30)27-40-39(48)25-33(26-50-40)54-20-18-53(19-21-54)32-11-12-34(38(47)24-32)41(9-6-22-56)51(4)29-58/h5,7-8,10-13,22-26,28-30,41H,6,9,14-21,27H2,1-4H3. The van der Waals surface area contributed by atoms with Crippen LogP contribution in [0.1, 0.15) is 84.2 Å². The number of anilines is 4. The number of aromatic nitrogens is 1. The molecule has 4 heterocycles. The highest BCUT2D eigenvalue weighted by atomic mass is 35.5. The Kier molecular flexibility index (Phi) is 12.3. The van der Waals surface area contributed by atoms with E-state index in [-0.39, 0.29) is 17.7 Å². The van der Waals surface area contributed by atoms with Crippen LogP contribution in [-0.4, -0.2) is 93.0 Å². The molecule has 0 N–H and O–H groups in total. The van der Waals surface area contributed by atoms with Gasteiger partial charge < -0.3 is 19.5 Å². The second-order valence-corrected chi connectivity index (χ2v) is 16.4. The van der Waals surface area contributed by atoms with Crippen LogP contribution in [0, 0.1) is 11.6 Å². The summed E-state index contributed by atoms with van der Waals surface area (Å²) in [5.41, 5.74) is 6.42. The second kappa shape index (κ2) is 17.3. The van der Waals surface area contributed by atoms with Gasteiger partial charge in [0, 0.05) is 76.0 Å². The lowest BCUT2D eigenvalue weighted by Crippen LogP contribution is -2.46. The summed E-state index contributed by atoms with van der Waals surface area (Å²) in [6.45, 7) is 8.82. The van der Waals surface area contributed by atoms with Gasteiger partial charge in [-0.1, -0.05) is 35.9 Å². The Morgan fingerprint density at radius 2 is 1.62 bits per heavy atom. The number of halogens is 3. The van der Waals surface area contributed by atoms with Gasteiger partial charge in [-0.25, -0.2) is 8.78 Å². The van der Waals surface area contributed by atoms with Gasteiger partial charge in [-0.2, -0.15) is 0 Å². The van der Waals surface area contributed by atoms with Crippen LogP contribution in [0.2, 0.25) is 5.02 Å². The van der Waals surface area contributed by atoms with Crippen LogP contribution in [0.15, 0.2) is 71.9 Å². The molecule has 0 bridgehead atoms. The normalized spacial score (nSPS) is 18.3. The topological polar surface area (TPSA) is 92.7 Å². The monoisotopic (exact) mass is 809 g/mol. The van der Waals surface area contributed by atoms with Crippen LogP contribution in [0.25, 0.3) is 0 Å². The highest BCUT2D eigenvalue weighted by Crippen LogP contribution is 2.49. The summed E-state index contributed by atoms with van der Waals surface area (Å²) in [6.07, 6.45) is 6.39. The van der Waals surface area contributed by atoms with Crippen molar-refractivity contribution < 1.29 is 23.2 Å². The highest BCUT2D eigenvalue weighted by Gasteiger charge is 2.43. The van der Waals surface area contributed by atoms with Gasteiger partial charge in [0.05, 0.1) is 45.6 Å². The van der Waals surface area contributed by atoms with Crippen LogP contribution in [-0.2, 0) is 21.5 Å². The summed E-state index contributed by atoms with van der Waals surface area (Å²) in [5.74, 6) is 0.432. The van der Waals surface area contributed by atoms with E-state index in [9.17, 15) is 14.4 Å². The number of amidine groups is 1. The van der Waals surface area contributed by atoms with E-state index in [1.54, 1.807) is 38.5 Å². The Bertz CT molecular complexity index is 2200. The molecule has 1 aromatic heterocycles. The first kappa shape index (κ1) is 41.0. The van der Waals surface area contributed by atoms with Gasteiger partial charge in [-0.05, 0) is 93.6 Å². The zero-order valence-corrected chi connectivity index (χ0v) is 34.3. The summed E-state index contributed by atoms with van der Waals surface area (Å²) in [6, 6.07) is 18.2. The number of aldehydes is 2. The van der Waals surface area contributed by atoms with Crippen LogP contribution in [0.3, 0.4) is 0 Å². The summed E-state index contributed by atoms with van der Waals surface area (Å²) >= 11 is 6.47. The number of pyridine rings is 1. The molecule has 0 spiro atoms. The summed E-state index contributed by atoms with van der Waals surface area (Å²) < 4.78 is 30.9. The van der Waals surface area contributed by atoms with Crippen molar-refractivity contribution in [1.29, 1.82) is 0 Å². The molecule has 1 atom stereocenters. The number of rotatable bonds is 13. The van der Waals surface area contributed by atoms with Gasteiger partial charge in [-0.15, -0.1) is 0 Å². The zero-order chi connectivity index (χ0) is 41.1. The Morgan fingerprint density at radius 3 is 2.26 bits per heavy atom. The van der Waals surface area contributed by atoms with E-state index >= 15 is 8.78 Å². The number of aliphatic imine (C=N–C) groups is 1. The third-order valence-electron chi connectivity index (χ3n) is 12.2. The van der Waals surface area contributed by atoms with Gasteiger partial charge in [0.1, 0.15) is 23.8 Å². The quantitative estimate of drug-likeness (QED) is 0.125. The molecule has 3 aliphatic rings. The lowest BCUT2D eigenvalue weighted by molar-refractivity contribution is -0.119. The number of piperidine rings is 1. The molecule has 3 aromatic carbocycles. The predicted molar refractivity (Wildman–Crippen MR) is 226 cm³/mol. The largest absolute Gasteiger partial charge is 0.368 e. The number of piperazine rings is 1. The van der Waals surface area contributed by atoms with E-state index in [0.717, 1.165) is 67.0 Å². The van der Waals surface area contributed by atoms with Crippen LogP contribution < -0.4 is 14.7 Å². The number of fused-ring (bicyclic) bond motifs is 1. The maximum atomic E-state index is 15.6. The minimum absolute atomic E-state index is 0.228. The lowest BCUT2D eigenvalue weighted by atomic mass is 9.83. The third kappa shape index (κ3) is 7.96. The van der Waals surface area contributed by atoms with Crippen molar-refractivity contribution in [3.8, 4) is 0 Å². The van der Waals surface area contributed by atoms with Crippen molar-refractivity contribution in [2.75, 3.05) is 68.1 Å². The number of carbonyl (C=O) groups excluding carboxylic acids is 3. The number of likely N-dealkylation sites (tertiary alicyclic amines) is 1. The number of carbonyl (C=O) groups is 3. The van der Waals surface area contributed by atoms with E-state index in [1.165, 1.54) is 16.5 Å². The SMILES string of the molecule is CN=C1N(c2cccc(Cl)c2C=O)c2cc(C3CCN(Cc4ncc(N5CCN(c6ccc(C(CCC=O)N(C)C=O)c(F)c6)CC5)cc4F)CC3)ccc2C1(C)C. The van der Waals surface area contributed by atoms with Gasteiger partial charge in [0.15, 0.2) is 6.29 Å². The molecule has 13 heteroatoms. The Labute approximate surface area is 344 Å². The zero-order valence-electron chi connectivity index (χ0n) is 33.5. The van der Waals surface area contributed by atoms with Crippen molar-refractivity contribution in [2.24, 2.45) is 4.99 Å². The number of amides is 1. The molecule has 10 nitrogen and oxygen atoms in total. The van der Waals surface area contributed by atoms with Crippen molar-refractivity contribution in [1.82, 2.24) is 14.8 Å². The molecule has 1 unspecified atom stereocenters. The number of hydrogen-bond acceptors (Lipinski definition) is 8. The lowest BCUT2D eigenvalue weighted by Gasteiger charge is -2.37. The Morgan fingerprint density at radius 1 is 0.914 bits per heavy atom. The Balaban J connectivity index is 0.962. The molecule has 304 valence electrons. The summed E-state index contributed by atoms with van der Waals surface area (Å²) in [4.78, 5) is 53.7. The maximum absolute atomic E-state index is 15.6. The minimum Gasteiger partial charge on any atom is -0.368 e. The van der Waals surface area contributed by atoms with Crippen molar-refractivity contribution in [3.05, 3.63) is 111 Å². The van der Waals surface area contributed by atoms with Crippen LogP contribution in [0.5, 0.6) is 0 Å². The van der Waals surface area contributed by atoms with E-state index in [4.69, 9.17) is 16.6 Å². The molecule has 0 saturated carbocycles. The third-order valence-corrected chi connectivity index (χ3v) is 12.5. The predicted octanol–water partition coefficient (Wildman–Crippen LogP) is 8.10. The number of hydrogen-bond donors (Lipinski definition) is 0. The highest BCUT2D eigenvalue weighted by molar-refractivity contribution is 6.34. The molecule has 0 aliphatic carbocycles. The van der Waals surface area contributed by atoms with Crippen molar-refractivity contribution >= 4 is 59.2 Å². The molecule has 2 saturated heterocycles. The van der Waals surface area contributed by atoms with Gasteiger partial charge in [-0.3, -0.25) is 29.4 Å². The molecule has 0 radical (unpaired) electrons. The molecule has 1 amide bonds. The van der Waals surface area contributed by atoms with E-state index < -0.39 is 11.9 Å². The first-order valence-corrected chi connectivity index (χ1v) is 20.3. The average Bonchev–Trinajstić information content (AvgIpc) is 3.46. The van der Waals surface area contributed by atoms with Crippen LogP contribution in [0.4, 0.5) is 31.5 Å². The molecule has 58 heavy (non-hydrogen) atoms. The second-order valence-electron chi connectivity index (χ2n) is 16.0. The molecule has 4 aromatic rings. The Hall–Kier alpha value is -5.20. The number of nitrogens with zero attached hydrogens (tertiary/aromatic N) is 7. The summed E-state index contributed by atoms with van der Waals surface area (Å²) in [7, 11) is 3.37. The van der Waals surface area contributed by atoms with Crippen molar-refractivity contribution in [2.45, 2.75) is 63.5 Å². The fraction of sp³-hybridized carbons (Fsp3) is 0.400. The summed E-state index contributed by atoms with van der Waals surface area (Å²) in [5, 5.41) is 0.402. The fourth-order valence-electron chi connectivity index (χ4n) is 8.96. The van der Waals surface area contributed by atoms with Crippen LogP contribution >= 0.6 is 11.6 Å².